The fourth-order valence-corrected chi connectivity index (χ4v) is 4.59. The molecule has 5 nitrogen and oxygen atoms in total. The summed E-state index contributed by atoms with van der Waals surface area (Å²) in [6.07, 6.45) is 4.80. The van der Waals surface area contributed by atoms with E-state index in [0.29, 0.717) is 35.2 Å². The van der Waals surface area contributed by atoms with Gasteiger partial charge in [0.15, 0.2) is 0 Å². The molecule has 1 aliphatic rings. The van der Waals surface area contributed by atoms with Crippen LogP contribution < -0.4 is 0 Å². The van der Waals surface area contributed by atoms with Crippen LogP contribution in [-0.2, 0) is 10.0 Å². The van der Waals surface area contributed by atoms with E-state index in [4.69, 9.17) is 5.11 Å². The summed E-state index contributed by atoms with van der Waals surface area (Å²) in [7, 11) is -3.53. The van der Waals surface area contributed by atoms with Gasteiger partial charge >= 0.3 is 0 Å². The molecule has 1 heterocycles. The molecule has 118 valence electrons. The van der Waals surface area contributed by atoms with Crippen molar-refractivity contribution in [1.82, 2.24) is 9.29 Å². The van der Waals surface area contributed by atoms with Crippen LogP contribution in [0.1, 0.15) is 25.7 Å². The second kappa shape index (κ2) is 6.32. The summed E-state index contributed by atoms with van der Waals surface area (Å²) >= 11 is 0. The topological polar surface area (TPSA) is 70.5 Å². The normalized spacial score (nSPS) is 15.5. The summed E-state index contributed by atoms with van der Waals surface area (Å²) in [5.74, 6) is 0. The van der Waals surface area contributed by atoms with Gasteiger partial charge in [0.25, 0.3) is 0 Å². The van der Waals surface area contributed by atoms with E-state index in [-0.39, 0.29) is 12.6 Å². The molecule has 0 amide bonds. The molecule has 2 aromatic rings. The van der Waals surface area contributed by atoms with Gasteiger partial charge in [0.2, 0.25) is 10.0 Å². The van der Waals surface area contributed by atoms with E-state index in [0.717, 1.165) is 12.8 Å². The highest BCUT2D eigenvalue weighted by molar-refractivity contribution is 7.89. The van der Waals surface area contributed by atoms with Gasteiger partial charge in [-0.3, -0.25) is 4.98 Å². The standard InChI is InChI=1S/C16H20N2O3S/c19-12-2-1-11-18(13-8-9-13)22(20,21)16-7-3-6-15-14(16)5-4-10-17-15/h3-7,10,13,19H,1-2,8-9,11-12H2. The highest BCUT2D eigenvalue weighted by Crippen LogP contribution is 2.34. The second-order valence-corrected chi connectivity index (χ2v) is 7.46. The predicted octanol–water partition coefficient (Wildman–Crippen LogP) is 2.16. The Labute approximate surface area is 130 Å². The molecule has 1 aliphatic carbocycles. The van der Waals surface area contributed by atoms with Crippen molar-refractivity contribution in [2.75, 3.05) is 13.2 Å². The summed E-state index contributed by atoms with van der Waals surface area (Å²) in [5, 5.41) is 9.58. The number of sulfonamides is 1. The summed E-state index contributed by atoms with van der Waals surface area (Å²) in [6.45, 7) is 0.556. The highest BCUT2D eigenvalue weighted by Gasteiger charge is 2.38. The average molecular weight is 320 g/mol. The first-order valence-corrected chi connectivity index (χ1v) is 9.05. The third kappa shape index (κ3) is 2.99. The largest absolute Gasteiger partial charge is 0.396 e. The minimum atomic E-state index is -3.53. The zero-order valence-corrected chi connectivity index (χ0v) is 13.2. The Bertz CT molecular complexity index is 752. The zero-order valence-electron chi connectivity index (χ0n) is 12.4. The Morgan fingerprint density at radius 2 is 2.00 bits per heavy atom. The van der Waals surface area contributed by atoms with Crippen molar-refractivity contribution in [2.24, 2.45) is 0 Å². The molecule has 1 fully saturated rings. The molecule has 1 N–H and O–H groups in total. The molecule has 1 saturated carbocycles. The first-order valence-electron chi connectivity index (χ1n) is 7.61. The summed E-state index contributed by atoms with van der Waals surface area (Å²) in [6, 6.07) is 8.88. The first-order chi connectivity index (χ1) is 10.6. The van der Waals surface area contributed by atoms with Crippen LogP contribution in [0.4, 0.5) is 0 Å². The molecule has 6 heteroatoms. The van der Waals surface area contributed by atoms with Gasteiger partial charge in [-0.05, 0) is 49.9 Å². The number of aromatic nitrogens is 1. The quantitative estimate of drug-likeness (QED) is 0.794. The van der Waals surface area contributed by atoms with Crippen LogP contribution in [0, 0.1) is 0 Å². The Morgan fingerprint density at radius 1 is 1.18 bits per heavy atom. The fourth-order valence-electron chi connectivity index (χ4n) is 2.67. The van der Waals surface area contributed by atoms with Gasteiger partial charge in [-0.1, -0.05) is 6.07 Å². The molecular formula is C16H20N2O3S. The Morgan fingerprint density at radius 3 is 2.73 bits per heavy atom. The summed E-state index contributed by atoms with van der Waals surface area (Å²) in [5.41, 5.74) is 0.690. The number of fused-ring (bicyclic) bond motifs is 1. The van der Waals surface area contributed by atoms with Gasteiger partial charge < -0.3 is 5.11 Å². The number of rotatable bonds is 7. The van der Waals surface area contributed by atoms with E-state index in [1.54, 1.807) is 34.8 Å². The molecule has 0 radical (unpaired) electrons. The van der Waals surface area contributed by atoms with Crippen LogP contribution in [0.25, 0.3) is 10.9 Å². The number of unbranched alkanes of at least 4 members (excludes halogenated alkanes) is 1. The molecule has 1 aromatic heterocycles. The van der Waals surface area contributed by atoms with Crippen LogP contribution in [-0.4, -0.2) is 42.0 Å². The van der Waals surface area contributed by atoms with Crippen molar-refractivity contribution in [3.05, 3.63) is 36.5 Å². The van der Waals surface area contributed by atoms with Crippen molar-refractivity contribution in [2.45, 2.75) is 36.6 Å². The Kier molecular flexibility index (Phi) is 4.42. The number of aliphatic hydroxyl groups is 1. The zero-order chi connectivity index (χ0) is 15.6. The van der Waals surface area contributed by atoms with Crippen LogP contribution in [0.5, 0.6) is 0 Å². The number of hydrogen-bond acceptors (Lipinski definition) is 4. The third-order valence-corrected chi connectivity index (χ3v) is 5.94. The van der Waals surface area contributed by atoms with E-state index in [1.807, 2.05) is 6.07 Å². The monoisotopic (exact) mass is 320 g/mol. The lowest BCUT2D eigenvalue weighted by Gasteiger charge is -2.22. The van der Waals surface area contributed by atoms with Gasteiger partial charge in [0, 0.05) is 30.8 Å². The number of benzene rings is 1. The van der Waals surface area contributed by atoms with E-state index in [2.05, 4.69) is 4.98 Å². The molecule has 0 atom stereocenters. The molecule has 0 aliphatic heterocycles. The first kappa shape index (κ1) is 15.4. The van der Waals surface area contributed by atoms with Crippen molar-refractivity contribution in [1.29, 1.82) is 0 Å². The van der Waals surface area contributed by atoms with Gasteiger partial charge in [-0.2, -0.15) is 4.31 Å². The lowest BCUT2D eigenvalue weighted by molar-refractivity contribution is 0.275. The van der Waals surface area contributed by atoms with Gasteiger partial charge in [0.05, 0.1) is 10.4 Å². The minimum absolute atomic E-state index is 0.0940. The SMILES string of the molecule is O=S(=O)(c1cccc2ncccc12)N(CCCCO)C1CC1. The van der Waals surface area contributed by atoms with E-state index in [9.17, 15) is 8.42 Å². The average Bonchev–Trinajstić information content (AvgIpc) is 3.35. The molecule has 0 unspecified atom stereocenters. The lowest BCUT2D eigenvalue weighted by atomic mass is 10.2. The molecule has 0 bridgehead atoms. The third-order valence-electron chi connectivity index (χ3n) is 3.93. The van der Waals surface area contributed by atoms with Gasteiger partial charge in [-0.15, -0.1) is 0 Å². The second-order valence-electron chi connectivity index (χ2n) is 5.60. The van der Waals surface area contributed by atoms with Crippen LogP contribution >= 0.6 is 0 Å². The molecule has 22 heavy (non-hydrogen) atoms. The van der Waals surface area contributed by atoms with Crippen molar-refractivity contribution in [3.8, 4) is 0 Å². The van der Waals surface area contributed by atoms with Crippen molar-refractivity contribution in [3.63, 3.8) is 0 Å². The smallest absolute Gasteiger partial charge is 0.243 e. The maximum absolute atomic E-state index is 13.1. The molecule has 0 spiro atoms. The molecular weight excluding hydrogens is 300 g/mol. The van der Waals surface area contributed by atoms with Crippen LogP contribution in [0.3, 0.4) is 0 Å². The van der Waals surface area contributed by atoms with Crippen LogP contribution in [0.2, 0.25) is 0 Å². The lowest BCUT2D eigenvalue weighted by Crippen LogP contribution is -2.34. The predicted molar refractivity (Wildman–Crippen MR) is 85.0 cm³/mol. The van der Waals surface area contributed by atoms with E-state index >= 15 is 0 Å². The van der Waals surface area contributed by atoms with Gasteiger partial charge in [0.1, 0.15) is 0 Å². The van der Waals surface area contributed by atoms with Crippen molar-refractivity contribution < 1.29 is 13.5 Å². The van der Waals surface area contributed by atoms with Crippen LogP contribution in [0.15, 0.2) is 41.4 Å². The number of hydrogen-bond donors (Lipinski definition) is 1. The highest BCUT2D eigenvalue weighted by atomic mass is 32.2. The number of nitrogens with zero attached hydrogens (tertiary/aromatic N) is 2. The number of pyridine rings is 1. The molecule has 3 rings (SSSR count). The van der Waals surface area contributed by atoms with E-state index < -0.39 is 10.0 Å². The fraction of sp³-hybridized carbons (Fsp3) is 0.438. The Balaban J connectivity index is 1.99. The maximum atomic E-state index is 13.1. The minimum Gasteiger partial charge on any atom is -0.396 e. The number of aliphatic hydroxyl groups excluding tert-OH is 1. The van der Waals surface area contributed by atoms with E-state index in [1.165, 1.54) is 0 Å². The maximum Gasteiger partial charge on any atom is 0.243 e. The van der Waals surface area contributed by atoms with Gasteiger partial charge in [-0.25, -0.2) is 8.42 Å². The Hall–Kier alpha value is -1.50. The molecule has 0 saturated heterocycles. The summed E-state index contributed by atoms with van der Waals surface area (Å²) in [4.78, 5) is 4.56. The van der Waals surface area contributed by atoms with Crippen molar-refractivity contribution >= 4 is 20.9 Å². The molecule has 1 aromatic carbocycles. The summed E-state index contributed by atoms with van der Waals surface area (Å²) < 4.78 is 27.7.